The molecule has 2 aliphatic heterocycles. The van der Waals surface area contributed by atoms with E-state index in [1.807, 2.05) is 31.2 Å². The maximum Gasteiger partial charge on any atom is 0.254 e. The fourth-order valence-electron chi connectivity index (χ4n) is 3.69. The summed E-state index contributed by atoms with van der Waals surface area (Å²) in [5.41, 5.74) is 0.769. The van der Waals surface area contributed by atoms with Crippen LogP contribution in [0.2, 0.25) is 0 Å². The summed E-state index contributed by atoms with van der Waals surface area (Å²) in [6.45, 7) is 2.23. The van der Waals surface area contributed by atoms with Gasteiger partial charge in [-0.3, -0.25) is 9.59 Å². The maximum atomic E-state index is 13.1. The molecule has 2 heterocycles. The highest BCUT2D eigenvalue weighted by molar-refractivity contribution is 5.86. The van der Waals surface area contributed by atoms with Gasteiger partial charge >= 0.3 is 0 Å². The molecule has 0 unspecified atom stereocenters. The van der Waals surface area contributed by atoms with Gasteiger partial charge < -0.3 is 24.7 Å². The Balaban J connectivity index is 1.84. The number of morpholine rings is 1. The highest BCUT2D eigenvalue weighted by Gasteiger charge is 2.44. The van der Waals surface area contributed by atoms with E-state index in [1.165, 1.54) is 0 Å². The quantitative estimate of drug-likeness (QED) is 0.804. The Bertz CT molecular complexity index is 684. The van der Waals surface area contributed by atoms with Crippen LogP contribution in [0.3, 0.4) is 0 Å². The van der Waals surface area contributed by atoms with Crippen molar-refractivity contribution in [3.05, 3.63) is 35.4 Å². The number of likely N-dealkylation sites (N-methyl/N-ethyl adjacent to an activating group) is 1. The van der Waals surface area contributed by atoms with E-state index in [2.05, 4.69) is 0 Å². The van der Waals surface area contributed by atoms with Crippen LogP contribution < -0.4 is 0 Å². The van der Waals surface area contributed by atoms with Crippen molar-refractivity contribution in [2.75, 3.05) is 33.4 Å². The molecule has 1 aromatic rings. The molecule has 7 heteroatoms. The molecular weight excluding hydrogens is 336 g/mol. The SMILES string of the molecule is Cc1ccccc1[C@@H]1[C@@H](C(=O)N2CCC(O)(CO)CC2)OCC(=O)N1C. The second-order valence-electron chi connectivity index (χ2n) is 7.25. The summed E-state index contributed by atoms with van der Waals surface area (Å²) < 4.78 is 5.68. The standard InChI is InChI=1S/C19H26N2O5/c1-13-5-3-4-6-14(13)16-17(26-11-15(23)20(16)2)18(24)21-9-7-19(25,12-22)8-10-21/h3-6,16-17,22,25H,7-12H2,1-2H3/t16-,17+/m1/s1. The summed E-state index contributed by atoms with van der Waals surface area (Å²) in [4.78, 5) is 28.5. The molecule has 2 N–H and O–H groups in total. The first-order chi connectivity index (χ1) is 12.4. The Kier molecular flexibility index (Phi) is 5.32. The first-order valence-corrected chi connectivity index (χ1v) is 8.91. The Morgan fingerprint density at radius 1 is 1.31 bits per heavy atom. The van der Waals surface area contributed by atoms with E-state index in [1.54, 1.807) is 16.8 Å². The number of rotatable bonds is 3. The monoisotopic (exact) mass is 362 g/mol. The van der Waals surface area contributed by atoms with Crippen molar-refractivity contribution in [2.24, 2.45) is 0 Å². The van der Waals surface area contributed by atoms with Crippen LogP contribution in [0.25, 0.3) is 0 Å². The van der Waals surface area contributed by atoms with Crippen LogP contribution >= 0.6 is 0 Å². The van der Waals surface area contributed by atoms with Crippen LogP contribution in [0.1, 0.15) is 30.0 Å². The smallest absolute Gasteiger partial charge is 0.254 e. The summed E-state index contributed by atoms with van der Waals surface area (Å²) >= 11 is 0. The summed E-state index contributed by atoms with van der Waals surface area (Å²) in [6, 6.07) is 7.19. The van der Waals surface area contributed by atoms with Crippen LogP contribution in [0.5, 0.6) is 0 Å². The lowest BCUT2D eigenvalue weighted by Crippen LogP contribution is -2.56. The van der Waals surface area contributed by atoms with Gasteiger partial charge in [-0.15, -0.1) is 0 Å². The topological polar surface area (TPSA) is 90.3 Å². The Morgan fingerprint density at radius 2 is 1.96 bits per heavy atom. The number of carbonyl (C=O) groups is 2. The average molecular weight is 362 g/mol. The molecule has 3 rings (SSSR count). The summed E-state index contributed by atoms with van der Waals surface area (Å²) in [7, 11) is 1.70. The van der Waals surface area contributed by atoms with Crippen molar-refractivity contribution >= 4 is 11.8 Å². The van der Waals surface area contributed by atoms with Gasteiger partial charge in [0.05, 0.1) is 18.2 Å². The van der Waals surface area contributed by atoms with E-state index < -0.39 is 17.7 Å². The molecule has 7 nitrogen and oxygen atoms in total. The number of benzene rings is 1. The lowest BCUT2D eigenvalue weighted by Gasteiger charge is -2.43. The van der Waals surface area contributed by atoms with Gasteiger partial charge in [0, 0.05) is 20.1 Å². The van der Waals surface area contributed by atoms with Gasteiger partial charge in [-0.1, -0.05) is 24.3 Å². The number of ether oxygens (including phenoxy) is 1. The number of aliphatic hydroxyl groups excluding tert-OH is 1. The number of likely N-dealkylation sites (tertiary alicyclic amines) is 1. The molecule has 0 bridgehead atoms. The largest absolute Gasteiger partial charge is 0.393 e. The van der Waals surface area contributed by atoms with Gasteiger partial charge in [0.2, 0.25) is 5.91 Å². The van der Waals surface area contributed by atoms with Crippen molar-refractivity contribution in [2.45, 2.75) is 37.5 Å². The van der Waals surface area contributed by atoms with E-state index in [0.29, 0.717) is 25.9 Å². The zero-order chi connectivity index (χ0) is 18.9. The molecule has 2 fully saturated rings. The molecule has 1 aromatic carbocycles. The minimum absolute atomic E-state index is 0.121. The predicted molar refractivity (Wildman–Crippen MR) is 94.3 cm³/mol. The molecule has 0 spiro atoms. The van der Waals surface area contributed by atoms with Crippen LogP contribution in [-0.2, 0) is 14.3 Å². The first-order valence-electron chi connectivity index (χ1n) is 8.91. The maximum absolute atomic E-state index is 13.1. The predicted octanol–water partition coefficient (Wildman–Crippen LogP) is 0.239. The molecule has 0 saturated carbocycles. The number of hydrogen-bond acceptors (Lipinski definition) is 5. The normalized spacial score (nSPS) is 26.1. The second kappa shape index (κ2) is 7.34. The van der Waals surface area contributed by atoms with E-state index in [-0.39, 0.29) is 25.0 Å². The third-order valence-electron chi connectivity index (χ3n) is 5.53. The lowest BCUT2D eigenvalue weighted by molar-refractivity contribution is -0.169. The Hall–Kier alpha value is -1.96. The third-order valence-corrected chi connectivity index (χ3v) is 5.53. The minimum Gasteiger partial charge on any atom is -0.393 e. The van der Waals surface area contributed by atoms with Crippen molar-refractivity contribution in [1.29, 1.82) is 0 Å². The fraction of sp³-hybridized carbons (Fsp3) is 0.579. The molecule has 2 atom stereocenters. The number of aryl methyl sites for hydroxylation is 1. The number of carbonyl (C=O) groups excluding carboxylic acids is 2. The molecule has 2 amide bonds. The molecule has 0 radical (unpaired) electrons. The van der Waals surface area contributed by atoms with Crippen LogP contribution in [-0.4, -0.2) is 76.9 Å². The fourth-order valence-corrected chi connectivity index (χ4v) is 3.69. The number of amides is 2. The Morgan fingerprint density at radius 3 is 2.58 bits per heavy atom. The van der Waals surface area contributed by atoms with E-state index in [9.17, 15) is 19.8 Å². The lowest BCUT2D eigenvalue weighted by atomic mass is 9.90. The summed E-state index contributed by atoms with van der Waals surface area (Å²) in [5.74, 6) is -0.340. The van der Waals surface area contributed by atoms with Gasteiger partial charge in [0.25, 0.3) is 5.91 Å². The van der Waals surface area contributed by atoms with E-state index in [4.69, 9.17) is 4.74 Å². The van der Waals surface area contributed by atoms with Gasteiger partial charge in [-0.05, 0) is 30.9 Å². The van der Waals surface area contributed by atoms with E-state index in [0.717, 1.165) is 11.1 Å². The highest BCUT2D eigenvalue weighted by atomic mass is 16.5. The molecule has 0 aromatic heterocycles. The number of aliphatic hydroxyl groups is 2. The highest BCUT2D eigenvalue weighted by Crippen LogP contribution is 2.33. The number of nitrogens with zero attached hydrogens (tertiary/aromatic N) is 2. The average Bonchev–Trinajstić information content (AvgIpc) is 2.65. The number of hydrogen-bond donors (Lipinski definition) is 2. The molecule has 2 saturated heterocycles. The zero-order valence-corrected chi connectivity index (χ0v) is 15.2. The summed E-state index contributed by atoms with van der Waals surface area (Å²) in [5, 5.41) is 19.4. The molecule has 2 aliphatic rings. The molecule has 142 valence electrons. The van der Waals surface area contributed by atoms with Crippen molar-refractivity contribution < 1.29 is 24.5 Å². The Labute approximate surface area is 153 Å². The third kappa shape index (κ3) is 3.47. The van der Waals surface area contributed by atoms with Gasteiger partial charge in [-0.25, -0.2) is 0 Å². The van der Waals surface area contributed by atoms with Gasteiger partial charge in [-0.2, -0.15) is 0 Å². The molecule has 26 heavy (non-hydrogen) atoms. The first kappa shape index (κ1) is 18.8. The van der Waals surface area contributed by atoms with Crippen molar-refractivity contribution in [3.8, 4) is 0 Å². The van der Waals surface area contributed by atoms with Gasteiger partial charge in [0.15, 0.2) is 6.10 Å². The molecule has 0 aliphatic carbocycles. The van der Waals surface area contributed by atoms with Crippen LogP contribution in [0.15, 0.2) is 24.3 Å². The number of piperidine rings is 1. The van der Waals surface area contributed by atoms with E-state index >= 15 is 0 Å². The molecular formula is C19H26N2O5. The summed E-state index contributed by atoms with van der Waals surface area (Å²) in [6.07, 6.45) is -0.128. The van der Waals surface area contributed by atoms with Gasteiger partial charge in [0.1, 0.15) is 6.61 Å². The van der Waals surface area contributed by atoms with Crippen molar-refractivity contribution in [1.82, 2.24) is 9.80 Å². The van der Waals surface area contributed by atoms with Crippen LogP contribution in [0, 0.1) is 6.92 Å². The van der Waals surface area contributed by atoms with Crippen molar-refractivity contribution in [3.63, 3.8) is 0 Å². The zero-order valence-electron chi connectivity index (χ0n) is 15.2. The van der Waals surface area contributed by atoms with Crippen LogP contribution in [0.4, 0.5) is 0 Å². The second-order valence-corrected chi connectivity index (χ2v) is 7.25. The minimum atomic E-state index is -1.12.